The molecule has 0 saturated heterocycles. The number of nitrogens with zero attached hydrogens (tertiary/aromatic N) is 2. The Bertz CT molecular complexity index is 3900. The van der Waals surface area contributed by atoms with E-state index in [9.17, 15) is 0 Å². The normalized spacial score (nSPS) is 11.7. The van der Waals surface area contributed by atoms with E-state index in [-0.39, 0.29) is 0 Å². The Morgan fingerprint density at radius 3 is 1.66 bits per heavy atom. The molecule has 65 heavy (non-hydrogen) atoms. The van der Waals surface area contributed by atoms with Gasteiger partial charge in [-0.3, -0.25) is 0 Å². The molecule has 2 aromatic heterocycles. The van der Waals surface area contributed by atoms with Crippen LogP contribution in [0.2, 0.25) is 0 Å². The number of thiophene rings is 1. The Labute approximate surface area is 381 Å². The van der Waals surface area contributed by atoms with Gasteiger partial charge in [-0.1, -0.05) is 170 Å². The predicted molar refractivity (Wildman–Crippen MR) is 280 cm³/mol. The molecule has 0 fully saturated rings. The van der Waals surface area contributed by atoms with Gasteiger partial charge in [-0.2, -0.15) is 0 Å². The van der Waals surface area contributed by atoms with Crippen molar-refractivity contribution in [1.82, 2.24) is 4.57 Å². The van der Waals surface area contributed by atoms with Crippen molar-refractivity contribution >= 4 is 91.9 Å². The van der Waals surface area contributed by atoms with Crippen molar-refractivity contribution < 1.29 is 0 Å². The molecule has 0 radical (unpaired) electrons. The summed E-state index contributed by atoms with van der Waals surface area (Å²) in [5.41, 5.74) is 13.9. The Balaban J connectivity index is 1.10. The zero-order chi connectivity index (χ0) is 42.8. The fourth-order valence-electron chi connectivity index (χ4n) is 10.2. The van der Waals surface area contributed by atoms with E-state index >= 15 is 0 Å². The standard InChI is InChI=1S/C62H40N2S/c1-2-16-41(17-3-1)42-30-33-45(34-31-42)63(46-35-37-62-56(40-46)53-25-11-15-29-61(53)65-62)60-36-32-44(39-55(60)54-38-43-18-4-5-19-47(43)49-21-6-7-22-50(49)54)48-20-8-12-26-57(48)64-58-27-13-9-23-51(58)52-24-10-14-28-59(52)64/h1-40H. The van der Waals surface area contributed by atoms with Crippen LogP contribution in [-0.2, 0) is 0 Å². The van der Waals surface area contributed by atoms with E-state index < -0.39 is 0 Å². The Morgan fingerprint density at radius 2 is 0.877 bits per heavy atom. The van der Waals surface area contributed by atoms with Crippen LogP contribution in [0, 0.1) is 0 Å². The summed E-state index contributed by atoms with van der Waals surface area (Å²) in [5.74, 6) is 0. The minimum absolute atomic E-state index is 1.09. The fourth-order valence-corrected chi connectivity index (χ4v) is 11.3. The van der Waals surface area contributed by atoms with Gasteiger partial charge >= 0.3 is 0 Å². The first kappa shape index (κ1) is 37.3. The minimum atomic E-state index is 1.09. The van der Waals surface area contributed by atoms with Crippen LogP contribution in [0.3, 0.4) is 0 Å². The largest absolute Gasteiger partial charge is 0.310 e. The average molecular weight is 845 g/mol. The molecule has 13 aromatic rings. The molecule has 0 amide bonds. The van der Waals surface area contributed by atoms with E-state index in [0.29, 0.717) is 0 Å². The second-order valence-electron chi connectivity index (χ2n) is 16.8. The van der Waals surface area contributed by atoms with Gasteiger partial charge in [0.15, 0.2) is 0 Å². The highest BCUT2D eigenvalue weighted by molar-refractivity contribution is 7.25. The molecule has 3 heteroatoms. The van der Waals surface area contributed by atoms with Gasteiger partial charge in [0.05, 0.1) is 22.4 Å². The second-order valence-corrected chi connectivity index (χ2v) is 17.9. The number of anilines is 3. The zero-order valence-electron chi connectivity index (χ0n) is 35.4. The molecule has 0 aliphatic rings. The lowest BCUT2D eigenvalue weighted by Crippen LogP contribution is -2.11. The number of benzene rings is 11. The number of hydrogen-bond acceptors (Lipinski definition) is 2. The van der Waals surface area contributed by atoms with Crippen LogP contribution in [0.15, 0.2) is 243 Å². The first-order chi connectivity index (χ1) is 32.2. The van der Waals surface area contributed by atoms with E-state index in [1.165, 1.54) is 85.8 Å². The minimum Gasteiger partial charge on any atom is -0.310 e. The number of fused-ring (bicyclic) bond motifs is 9. The molecule has 11 aromatic carbocycles. The molecule has 0 unspecified atom stereocenters. The quantitative estimate of drug-likeness (QED) is 0.145. The Kier molecular flexibility index (Phi) is 8.75. The lowest BCUT2D eigenvalue weighted by molar-refractivity contribution is 1.18. The van der Waals surface area contributed by atoms with Crippen LogP contribution >= 0.6 is 11.3 Å². The van der Waals surface area contributed by atoms with Crippen molar-refractivity contribution in [2.75, 3.05) is 4.90 Å². The predicted octanol–water partition coefficient (Wildman–Crippen LogP) is 17.9. The van der Waals surface area contributed by atoms with Crippen LogP contribution < -0.4 is 4.90 Å². The molecule has 0 aliphatic carbocycles. The van der Waals surface area contributed by atoms with Crippen LogP contribution in [0.25, 0.3) is 103 Å². The van der Waals surface area contributed by atoms with Crippen molar-refractivity contribution in [3.63, 3.8) is 0 Å². The number of para-hydroxylation sites is 3. The molecule has 13 rings (SSSR count). The van der Waals surface area contributed by atoms with Gasteiger partial charge in [0.2, 0.25) is 0 Å². The molecule has 0 spiro atoms. The topological polar surface area (TPSA) is 8.17 Å². The molecule has 0 atom stereocenters. The van der Waals surface area contributed by atoms with Crippen LogP contribution in [0.4, 0.5) is 17.1 Å². The van der Waals surface area contributed by atoms with Crippen molar-refractivity contribution in [3.8, 4) is 39.1 Å². The van der Waals surface area contributed by atoms with E-state index in [1.807, 2.05) is 11.3 Å². The summed E-state index contributed by atoms with van der Waals surface area (Å²) in [6.45, 7) is 0. The third-order valence-electron chi connectivity index (χ3n) is 13.2. The number of hydrogen-bond donors (Lipinski definition) is 0. The molecule has 2 nitrogen and oxygen atoms in total. The SMILES string of the molecule is c1ccc(-c2ccc(N(c3ccc4sc5ccccc5c4c3)c3ccc(-c4ccccc4-n4c5ccccc5c5ccccc54)cc3-c3cc4ccccc4c4ccccc34)cc2)cc1. The summed E-state index contributed by atoms with van der Waals surface area (Å²) in [4.78, 5) is 2.47. The molecule has 0 aliphatic heterocycles. The summed E-state index contributed by atoms with van der Waals surface area (Å²) >= 11 is 1.86. The highest BCUT2D eigenvalue weighted by Crippen LogP contribution is 2.48. The average Bonchev–Trinajstić information content (AvgIpc) is 3.92. The van der Waals surface area contributed by atoms with Crippen molar-refractivity contribution in [3.05, 3.63) is 243 Å². The highest BCUT2D eigenvalue weighted by Gasteiger charge is 2.23. The van der Waals surface area contributed by atoms with E-state index in [1.54, 1.807) is 0 Å². The maximum atomic E-state index is 2.47. The first-order valence-electron chi connectivity index (χ1n) is 22.2. The summed E-state index contributed by atoms with van der Waals surface area (Å²) in [6.07, 6.45) is 0. The van der Waals surface area contributed by atoms with Crippen LogP contribution in [0.5, 0.6) is 0 Å². The van der Waals surface area contributed by atoms with Gasteiger partial charge in [-0.25, -0.2) is 0 Å². The van der Waals surface area contributed by atoms with Gasteiger partial charge in [-0.15, -0.1) is 11.3 Å². The van der Waals surface area contributed by atoms with Gasteiger partial charge < -0.3 is 9.47 Å². The van der Waals surface area contributed by atoms with E-state index in [2.05, 4.69) is 252 Å². The second kappa shape index (κ2) is 15.2. The van der Waals surface area contributed by atoms with Gasteiger partial charge in [0, 0.05) is 53.4 Å². The summed E-state index contributed by atoms with van der Waals surface area (Å²) in [6, 6.07) is 89.3. The lowest BCUT2D eigenvalue weighted by atomic mass is 9.90. The van der Waals surface area contributed by atoms with E-state index in [0.717, 1.165) is 33.9 Å². The third-order valence-corrected chi connectivity index (χ3v) is 14.3. The summed E-state index contributed by atoms with van der Waals surface area (Å²) in [7, 11) is 0. The Hall–Kier alpha value is -8.24. The number of rotatable bonds is 7. The van der Waals surface area contributed by atoms with Gasteiger partial charge in [0.1, 0.15) is 0 Å². The fraction of sp³-hybridized carbons (Fsp3) is 0. The molecular formula is C62H40N2S. The highest BCUT2D eigenvalue weighted by atomic mass is 32.1. The summed E-state index contributed by atoms with van der Waals surface area (Å²) < 4.78 is 5.03. The Morgan fingerprint density at radius 1 is 0.308 bits per heavy atom. The van der Waals surface area contributed by atoms with Crippen LogP contribution in [0.1, 0.15) is 0 Å². The van der Waals surface area contributed by atoms with Crippen molar-refractivity contribution in [2.24, 2.45) is 0 Å². The van der Waals surface area contributed by atoms with Crippen molar-refractivity contribution in [1.29, 1.82) is 0 Å². The molecule has 0 N–H and O–H groups in total. The first-order valence-corrected chi connectivity index (χ1v) is 23.1. The van der Waals surface area contributed by atoms with Gasteiger partial charge in [0.25, 0.3) is 0 Å². The maximum absolute atomic E-state index is 2.47. The van der Waals surface area contributed by atoms with E-state index in [4.69, 9.17) is 0 Å². The molecule has 0 bridgehead atoms. The third kappa shape index (κ3) is 6.16. The smallest absolute Gasteiger partial charge is 0.0541 e. The monoisotopic (exact) mass is 844 g/mol. The van der Waals surface area contributed by atoms with Crippen molar-refractivity contribution in [2.45, 2.75) is 0 Å². The molecular weight excluding hydrogens is 805 g/mol. The number of aromatic nitrogens is 1. The zero-order valence-corrected chi connectivity index (χ0v) is 36.2. The lowest BCUT2D eigenvalue weighted by Gasteiger charge is -2.29. The van der Waals surface area contributed by atoms with Crippen LogP contribution in [-0.4, -0.2) is 4.57 Å². The molecule has 304 valence electrons. The maximum Gasteiger partial charge on any atom is 0.0541 e. The summed E-state index contributed by atoms with van der Waals surface area (Å²) in [5, 5.41) is 9.99. The molecule has 0 saturated carbocycles. The van der Waals surface area contributed by atoms with Gasteiger partial charge in [-0.05, 0) is 117 Å². The molecule has 2 heterocycles.